The van der Waals surface area contributed by atoms with E-state index in [9.17, 15) is 30.0 Å². The molecule has 0 aromatic heterocycles. The number of phenols is 4. The largest absolute Gasteiger partial charge is 0.504 e. The molecular weight excluding hydrogens is 520 g/mol. The third kappa shape index (κ3) is 5.76. The SMILES string of the molecule is CCCN(CCC)C(=O)[C@@H]1Cc2cc(O)c(O)cc2[C@H](Cc2ccc(O)c(O)c2)N1C(=O)c1ccccc1Cl. The van der Waals surface area contributed by atoms with Crippen LogP contribution in [0.15, 0.2) is 54.6 Å². The van der Waals surface area contributed by atoms with Gasteiger partial charge < -0.3 is 30.2 Å². The molecule has 4 N–H and O–H groups in total. The van der Waals surface area contributed by atoms with Gasteiger partial charge in [0.05, 0.1) is 16.6 Å². The van der Waals surface area contributed by atoms with E-state index in [2.05, 4.69) is 0 Å². The highest BCUT2D eigenvalue weighted by Crippen LogP contribution is 2.42. The summed E-state index contributed by atoms with van der Waals surface area (Å²) in [4.78, 5) is 31.6. The van der Waals surface area contributed by atoms with Crippen molar-refractivity contribution in [3.8, 4) is 23.0 Å². The smallest absolute Gasteiger partial charge is 0.256 e. The highest BCUT2D eigenvalue weighted by Gasteiger charge is 2.43. The predicted molar refractivity (Wildman–Crippen MR) is 148 cm³/mol. The number of rotatable bonds is 8. The van der Waals surface area contributed by atoms with Crippen LogP contribution in [0.1, 0.15) is 59.8 Å². The van der Waals surface area contributed by atoms with Crippen LogP contribution in [0.2, 0.25) is 5.02 Å². The minimum atomic E-state index is -0.904. The molecule has 3 aromatic carbocycles. The van der Waals surface area contributed by atoms with E-state index in [1.165, 1.54) is 29.2 Å². The number of hydrogen-bond acceptors (Lipinski definition) is 6. The first-order chi connectivity index (χ1) is 18.7. The average Bonchev–Trinajstić information content (AvgIpc) is 2.91. The second-order valence-corrected chi connectivity index (χ2v) is 10.2. The van der Waals surface area contributed by atoms with E-state index in [1.54, 1.807) is 35.2 Å². The van der Waals surface area contributed by atoms with Crippen LogP contribution in [0.4, 0.5) is 0 Å². The lowest BCUT2D eigenvalue weighted by Crippen LogP contribution is -2.56. The van der Waals surface area contributed by atoms with Gasteiger partial charge in [-0.25, -0.2) is 0 Å². The highest BCUT2D eigenvalue weighted by molar-refractivity contribution is 6.33. The van der Waals surface area contributed by atoms with Crippen molar-refractivity contribution >= 4 is 23.4 Å². The van der Waals surface area contributed by atoms with Gasteiger partial charge in [0.25, 0.3) is 5.91 Å². The second kappa shape index (κ2) is 11.9. The van der Waals surface area contributed by atoms with Gasteiger partial charge in [-0.1, -0.05) is 43.6 Å². The molecule has 2 amide bonds. The molecule has 1 aliphatic rings. The summed E-state index contributed by atoms with van der Waals surface area (Å²) in [6.45, 7) is 5.03. The minimum absolute atomic E-state index is 0.138. The molecule has 3 aromatic rings. The zero-order valence-electron chi connectivity index (χ0n) is 22.0. The minimum Gasteiger partial charge on any atom is -0.504 e. The van der Waals surface area contributed by atoms with Crippen molar-refractivity contribution < 1.29 is 30.0 Å². The third-order valence-electron chi connectivity index (χ3n) is 7.07. The fraction of sp³-hybridized carbons (Fsp3) is 0.333. The Labute approximate surface area is 232 Å². The van der Waals surface area contributed by atoms with Gasteiger partial charge in [0.15, 0.2) is 23.0 Å². The van der Waals surface area contributed by atoms with Crippen molar-refractivity contribution in [2.75, 3.05) is 13.1 Å². The lowest BCUT2D eigenvalue weighted by atomic mass is 9.83. The monoisotopic (exact) mass is 552 g/mol. The summed E-state index contributed by atoms with van der Waals surface area (Å²) in [6.07, 6.45) is 1.79. The molecule has 0 spiro atoms. The van der Waals surface area contributed by atoms with Gasteiger partial charge >= 0.3 is 0 Å². The van der Waals surface area contributed by atoms with Gasteiger partial charge in [-0.15, -0.1) is 0 Å². The van der Waals surface area contributed by atoms with Gasteiger partial charge in [0.2, 0.25) is 5.91 Å². The molecule has 0 aliphatic carbocycles. The molecule has 1 heterocycles. The van der Waals surface area contributed by atoms with E-state index in [0.717, 1.165) is 12.8 Å². The second-order valence-electron chi connectivity index (χ2n) is 9.82. The quantitative estimate of drug-likeness (QED) is 0.286. The van der Waals surface area contributed by atoms with Crippen molar-refractivity contribution in [1.29, 1.82) is 0 Å². The zero-order valence-corrected chi connectivity index (χ0v) is 22.7. The number of amides is 2. The van der Waals surface area contributed by atoms with Crippen LogP contribution in [0.3, 0.4) is 0 Å². The summed E-state index contributed by atoms with van der Waals surface area (Å²) < 4.78 is 0. The number of hydrogen-bond donors (Lipinski definition) is 4. The Morgan fingerprint density at radius 2 is 1.54 bits per heavy atom. The van der Waals surface area contributed by atoms with Gasteiger partial charge in [-0.05, 0) is 72.4 Å². The molecule has 2 atom stereocenters. The van der Waals surface area contributed by atoms with Crippen LogP contribution >= 0.6 is 11.6 Å². The van der Waals surface area contributed by atoms with E-state index < -0.39 is 18.0 Å². The standard InChI is InChI=1S/C30H33ClN2O6/c1-3-11-32(12-4-2)30(39)24-15-19-16-27(36)28(37)17-21(19)23(13-18-9-10-25(34)26(35)14-18)33(24)29(38)20-7-5-6-8-22(20)31/h5-10,14,16-17,23-24,34-37H,3-4,11-13,15H2,1-2H3/t23-,24-/m0/s1. The average molecular weight is 553 g/mol. The lowest BCUT2D eigenvalue weighted by Gasteiger charge is -2.44. The van der Waals surface area contributed by atoms with E-state index >= 15 is 0 Å². The van der Waals surface area contributed by atoms with E-state index in [1.807, 2.05) is 13.8 Å². The Morgan fingerprint density at radius 3 is 2.18 bits per heavy atom. The third-order valence-corrected chi connectivity index (χ3v) is 7.40. The Hall–Kier alpha value is -3.91. The zero-order chi connectivity index (χ0) is 28.3. The number of phenolic OH excluding ortho intramolecular Hbond substituents is 4. The van der Waals surface area contributed by atoms with Crippen molar-refractivity contribution in [1.82, 2.24) is 9.80 Å². The van der Waals surface area contributed by atoms with Crippen molar-refractivity contribution in [3.63, 3.8) is 0 Å². The number of aromatic hydroxyl groups is 4. The number of carbonyl (C=O) groups is 2. The molecule has 4 rings (SSSR count). The highest BCUT2D eigenvalue weighted by atomic mass is 35.5. The summed E-state index contributed by atoms with van der Waals surface area (Å²) in [5.74, 6) is -1.91. The number of benzene rings is 3. The fourth-order valence-corrected chi connectivity index (χ4v) is 5.49. The maximum atomic E-state index is 14.2. The number of halogens is 1. The van der Waals surface area contributed by atoms with Crippen LogP contribution in [0.5, 0.6) is 23.0 Å². The molecule has 0 bridgehead atoms. The maximum absolute atomic E-state index is 14.2. The molecular formula is C30H33ClN2O6. The Balaban J connectivity index is 1.91. The van der Waals surface area contributed by atoms with Gasteiger partial charge in [0.1, 0.15) is 6.04 Å². The first-order valence-electron chi connectivity index (χ1n) is 13.1. The number of carbonyl (C=O) groups excluding carboxylic acids is 2. The van der Waals surface area contributed by atoms with Crippen LogP contribution in [0.25, 0.3) is 0 Å². The Morgan fingerprint density at radius 1 is 0.897 bits per heavy atom. The van der Waals surface area contributed by atoms with Crippen LogP contribution in [-0.4, -0.2) is 61.2 Å². The molecule has 8 nitrogen and oxygen atoms in total. The fourth-order valence-electron chi connectivity index (χ4n) is 5.27. The van der Waals surface area contributed by atoms with Gasteiger partial charge in [0, 0.05) is 19.5 Å². The molecule has 206 valence electrons. The summed E-state index contributed by atoms with van der Waals surface area (Å²) in [6, 6.07) is 12.2. The van der Waals surface area contributed by atoms with Crippen LogP contribution in [-0.2, 0) is 17.6 Å². The molecule has 0 saturated heterocycles. The van der Waals surface area contributed by atoms with Crippen LogP contribution < -0.4 is 0 Å². The lowest BCUT2D eigenvalue weighted by molar-refractivity contribution is -0.137. The molecule has 0 saturated carbocycles. The molecule has 0 radical (unpaired) electrons. The van der Waals surface area contributed by atoms with E-state index in [4.69, 9.17) is 11.6 Å². The first-order valence-corrected chi connectivity index (χ1v) is 13.5. The number of fused-ring (bicyclic) bond motifs is 1. The van der Waals surface area contributed by atoms with Crippen molar-refractivity contribution in [2.45, 2.75) is 51.6 Å². The Kier molecular flexibility index (Phi) is 8.55. The molecule has 39 heavy (non-hydrogen) atoms. The summed E-state index contributed by atoms with van der Waals surface area (Å²) >= 11 is 6.44. The topological polar surface area (TPSA) is 122 Å². The summed E-state index contributed by atoms with van der Waals surface area (Å²) in [5, 5.41) is 40.9. The normalized spacial score (nSPS) is 16.5. The molecule has 0 unspecified atom stereocenters. The maximum Gasteiger partial charge on any atom is 0.256 e. The summed E-state index contributed by atoms with van der Waals surface area (Å²) in [7, 11) is 0. The number of nitrogens with zero attached hydrogens (tertiary/aromatic N) is 2. The van der Waals surface area contributed by atoms with Gasteiger partial charge in [-0.3, -0.25) is 9.59 Å². The Bertz CT molecular complexity index is 1370. The van der Waals surface area contributed by atoms with Crippen LogP contribution in [0, 0.1) is 0 Å². The van der Waals surface area contributed by atoms with Gasteiger partial charge in [-0.2, -0.15) is 0 Å². The van der Waals surface area contributed by atoms with Crippen molar-refractivity contribution in [3.05, 3.63) is 81.9 Å². The molecule has 1 aliphatic heterocycles. The molecule has 9 heteroatoms. The molecule has 0 fully saturated rings. The predicted octanol–water partition coefficient (Wildman–Crippen LogP) is 5.16. The summed E-state index contributed by atoms with van der Waals surface area (Å²) in [5.41, 5.74) is 2.03. The van der Waals surface area contributed by atoms with E-state index in [-0.39, 0.29) is 52.3 Å². The van der Waals surface area contributed by atoms with E-state index in [0.29, 0.717) is 29.8 Å². The van der Waals surface area contributed by atoms with Crippen molar-refractivity contribution in [2.24, 2.45) is 0 Å². The first kappa shape index (κ1) is 28.1.